The predicted molar refractivity (Wildman–Crippen MR) is 92.0 cm³/mol. The Morgan fingerprint density at radius 1 is 1.26 bits per heavy atom. The van der Waals surface area contributed by atoms with E-state index >= 15 is 0 Å². The van der Waals surface area contributed by atoms with E-state index in [4.69, 9.17) is 0 Å². The number of rotatable bonds is 5. The monoisotopic (exact) mass is 312 g/mol. The van der Waals surface area contributed by atoms with Crippen LogP contribution in [0.15, 0.2) is 54.6 Å². The molecule has 0 bridgehead atoms. The highest BCUT2D eigenvalue weighted by molar-refractivity contribution is 5.94. The molecule has 1 unspecified atom stereocenters. The van der Waals surface area contributed by atoms with Crippen LogP contribution in [0.2, 0.25) is 0 Å². The molecule has 0 aromatic heterocycles. The zero-order valence-electron chi connectivity index (χ0n) is 13.6. The molecule has 1 atom stereocenters. The summed E-state index contributed by atoms with van der Waals surface area (Å²) in [4.78, 5) is 26.0. The van der Waals surface area contributed by atoms with E-state index in [2.05, 4.69) is 5.32 Å². The second-order valence-corrected chi connectivity index (χ2v) is 5.75. The van der Waals surface area contributed by atoms with Gasteiger partial charge in [0.1, 0.15) is 0 Å². The summed E-state index contributed by atoms with van der Waals surface area (Å²) in [5.41, 5.74) is 0.672. The molecule has 4 nitrogen and oxygen atoms in total. The van der Waals surface area contributed by atoms with Crippen LogP contribution in [-0.4, -0.2) is 36.3 Å². The van der Waals surface area contributed by atoms with Crippen molar-refractivity contribution in [2.75, 3.05) is 19.6 Å². The van der Waals surface area contributed by atoms with Crippen molar-refractivity contribution in [3.8, 4) is 0 Å². The van der Waals surface area contributed by atoms with E-state index in [9.17, 15) is 9.59 Å². The third kappa shape index (κ3) is 5.40. The summed E-state index contributed by atoms with van der Waals surface area (Å²) in [5, 5.41) is 2.97. The molecule has 0 saturated carbocycles. The molecule has 0 radical (unpaired) electrons. The Hall–Kier alpha value is -2.36. The average Bonchev–Trinajstić information content (AvgIpc) is 2.61. The zero-order chi connectivity index (χ0) is 16.5. The van der Waals surface area contributed by atoms with E-state index in [0.29, 0.717) is 24.6 Å². The SMILES string of the molecule is C/C=C/C=C/C(=O)N1CCCC(CNC(=O)c2ccccc2)C1. The molecule has 0 spiro atoms. The minimum atomic E-state index is -0.0537. The number of hydrogen-bond donors (Lipinski definition) is 1. The van der Waals surface area contributed by atoms with Gasteiger partial charge in [0.05, 0.1) is 0 Å². The molecule has 1 heterocycles. The molecule has 1 fully saturated rings. The van der Waals surface area contributed by atoms with Crippen LogP contribution in [0, 0.1) is 5.92 Å². The van der Waals surface area contributed by atoms with Gasteiger partial charge in [-0.2, -0.15) is 0 Å². The lowest BCUT2D eigenvalue weighted by Gasteiger charge is -2.32. The van der Waals surface area contributed by atoms with Gasteiger partial charge < -0.3 is 10.2 Å². The zero-order valence-corrected chi connectivity index (χ0v) is 13.6. The second-order valence-electron chi connectivity index (χ2n) is 5.75. The minimum absolute atomic E-state index is 0.0437. The Labute approximate surface area is 137 Å². The Balaban J connectivity index is 1.82. The molecule has 1 aromatic rings. The third-order valence-corrected chi connectivity index (χ3v) is 3.96. The number of carbonyl (C=O) groups is 2. The Morgan fingerprint density at radius 3 is 2.78 bits per heavy atom. The number of likely N-dealkylation sites (tertiary alicyclic amines) is 1. The smallest absolute Gasteiger partial charge is 0.251 e. The van der Waals surface area contributed by atoms with Crippen LogP contribution in [0.25, 0.3) is 0 Å². The van der Waals surface area contributed by atoms with E-state index in [1.165, 1.54) is 0 Å². The van der Waals surface area contributed by atoms with Crippen molar-refractivity contribution in [1.82, 2.24) is 10.2 Å². The maximum Gasteiger partial charge on any atom is 0.251 e. The molecule has 1 aliphatic heterocycles. The van der Waals surface area contributed by atoms with Gasteiger partial charge in [0.2, 0.25) is 5.91 Å². The lowest BCUT2D eigenvalue weighted by molar-refractivity contribution is -0.127. The second kappa shape index (κ2) is 8.93. The topological polar surface area (TPSA) is 49.4 Å². The predicted octanol–water partition coefficient (Wildman–Crippen LogP) is 2.79. The van der Waals surface area contributed by atoms with Gasteiger partial charge in [0, 0.05) is 31.3 Å². The van der Waals surface area contributed by atoms with Crippen molar-refractivity contribution in [2.45, 2.75) is 19.8 Å². The average molecular weight is 312 g/mol. The molecule has 1 aromatic carbocycles. The van der Waals surface area contributed by atoms with Gasteiger partial charge in [-0.3, -0.25) is 9.59 Å². The fourth-order valence-corrected chi connectivity index (χ4v) is 2.71. The molecular weight excluding hydrogens is 288 g/mol. The fraction of sp³-hybridized carbons (Fsp3) is 0.368. The van der Waals surface area contributed by atoms with Crippen LogP contribution in [0.3, 0.4) is 0 Å². The lowest BCUT2D eigenvalue weighted by atomic mass is 9.97. The first-order valence-corrected chi connectivity index (χ1v) is 8.12. The van der Waals surface area contributed by atoms with Crippen LogP contribution >= 0.6 is 0 Å². The number of benzene rings is 1. The largest absolute Gasteiger partial charge is 0.352 e. The van der Waals surface area contributed by atoms with Crippen molar-refractivity contribution in [3.05, 3.63) is 60.2 Å². The Kier molecular flexibility index (Phi) is 6.60. The molecule has 0 aliphatic carbocycles. The fourth-order valence-electron chi connectivity index (χ4n) is 2.71. The first-order chi connectivity index (χ1) is 11.2. The van der Waals surface area contributed by atoms with E-state index in [0.717, 1.165) is 19.4 Å². The highest BCUT2D eigenvalue weighted by Gasteiger charge is 2.22. The molecule has 23 heavy (non-hydrogen) atoms. The van der Waals surface area contributed by atoms with Crippen LogP contribution in [0.1, 0.15) is 30.1 Å². The highest BCUT2D eigenvalue weighted by atomic mass is 16.2. The number of hydrogen-bond acceptors (Lipinski definition) is 2. The molecule has 1 saturated heterocycles. The van der Waals surface area contributed by atoms with Crippen molar-refractivity contribution in [2.24, 2.45) is 5.92 Å². The molecule has 2 rings (SSSR count). The summed E-state index contributed by atoms with van der Waals surface area (Å²) in [7, 11) is 0. The van der Waals surface area contributed by atoms with Crippen molar-refractivity contribution in [3.63, 3.8) is 0 Å². The van der Waals surface area contributed by atoms with Crippen LogP contribution in [0.5, 0.6) is 0 Å². The summed E-state index contributed by atoms with van der Waals surface area (Å²) < 4.78 is 0. The number of amides is 2. The number of nitrogens with zero attached hydrogens (tertiary/aromatic N) is 1. The standard InChI is InChI=1S/C19H24N2O2/c1-2-3-5-12-18(22)21-13-8-9-16(15-21)14-20-19(23)17-10-6-4-7-11-17/h2-7,10-12,16H,8-9,13-15H2,1H3,(H,20,23)/b3-2+,12-5+. The van der Waals surface area contributed by atoms with Gasteiger partial charge in [-0.25, -0.2) is 0 Å². The van der Waals surface area contributed by atoms with Gasteiger partial charge in [0.25, 0.3) is 5.91 Å². The number of allylic oxidation sites excluding steroid dienone is 3. The molecule has 2 amide bonds. The summed E-state index contributed by atoms with van der Waals surface area (Å²) in [5.74, 6) is 0.305. The highest BCUT2D eigenvalue weighted by Crippen LogP contribution is 2.16. The lowest BCUT2D eigenvalue weighted by Crippen LogP contribution is -2.43. The Bertz CT molecular complexity index is 578. The Morgan fingerprint density at radius 2 is 2.04 bits per heavy atom. The summed E-state index contributed by atoms with van der Waals surface area (Å²) in [6.07, 6.45) is 9.13. The summed E-state index contributed by atoms with van der Waals surface area (Å²) >= 11 is 0. The van der Waals surface area contributed by atoms with Gasteiger partial charge in [-0.1, -0.05) is 36.4 Å². The third-order valence-electron chi connectivity index (χ3n) is 3.96. The van der Waals surface area contributed by atoms with Crippen LogP contribution in [0.4, 0.5) is 0 Å². The maximum absolute atomic E-state index is 12.1. The van der Waals surface area contributed by atoms with Crippen molar-refractivity contribution < 1.29 is 9.59 Å². The minimum Gasteiger partial charge on any atom is -0.352 e. The number of nitrogens with one attached hydrogen (secondary N) is 1. The van der Waals surface area contributed by atoms with E-state index in [-0.39, 0.29) is 11.8 Å². The number of piperidine rings is 1. The van der Waals surface area contributed by atoms with Gasteiger partial charge in [0.15, 0.2) is 0 Å². The van der Waals surface area contributed by atoms with Crippen molar-refractivity contribution >= 4 is 11.8 Å². The summed E-state index contributed by atoms with van der Waals surface area (Å²) in [6.45, 7) is 4.02. The summed E-state index contributed by atoms with van der Waals surface area (Å²) in [6, 6.07) is 9.21. The van der Waals surface area contributed by atoms with E-state index < -0.39 is 0 Å². The van der Waals surface area contributed by atoms with E-state index in [1.54, 1.807) is 24.3 Å². The van der Waals surface area contributed by atoms with E-state index in [1.807, 2.05) is 42.2 Å². The molecule has 4 heteroatoms. The maximum atomic E-state index is 12.1. The van der Waals surface area contributed by atoms with Crippen molar-refractivity contribution in [1.29, 1.82) is 0 Å². The molecule has 122 valence electrons. The first kappa shape index (κ1) is 17.0. The quantitative estimate of drug-likeness (QED) is 0.671. The number of carbonyl (C=O) groups excluding carboxylic acids is 2. The van der Waals surface area contributed by atoms with Crippen LogP contribution in [-0.2, 0) is 4.79 Å². The van der Waals surface area contributed by atoms with Gasteiger partial charge >= 0.3 is 0 Å². The van der Waals surface area contributed by atoms with Gasteiger partial charge in [-0.05, 0) is 37.8 Å². The van der Waals surface area contributed by atoms with Crippen LogP contribution < -0.4 is 5.32 Å². The van der Waals surface area contributed by atoms with Gasteiger partial charge in [-0.15, -0.1) is 0 Å². The first-order valence-electron chi connectivity index (χ1n) is 8.12. The molecule has 1 N–H and O–H groups in total. The molecular formula is C19H24N2O2. The molecule has 1 aliphatic rings. The normalized spacial score (nSPS) is 18.5.